The molecule has 0 saturated carbocycles. The number of hydrogen-bond donors (Lipinski definition) is 1. The third-order valence-corrected chi connectivity index (χ3v) is 4.19. The van der Waals surface area contributed by atoms with E-state index < -0.39 is 53.3 Å². The van der Waals surface area contributed by atoms with Gasteiger partial charge in [0.2, 0.25) is 6.10 Å². The molecule has 0 aromatic heterocycles. The standard InChI is InChI=1S/C15H21F7O4/c1-6-7(2)8(23)25-10-12(16,17)9(11(3,4)5)26-14(24,13(10,18)19)15(20,21)22/h7,9-10,24H,6H2,1-5H3. The summed E-state index contributed by atoms with van der Waals surface area (Å²) in [6.07, 6.45) is -12.8. The molecular weight excluding hydrogens is 377 g/mol. The van der Waals surface area contributed by atoms with Crippen LogP contribution in [0.5, 0.6) is 0 Å². The van der Waals surface area contributed by atoms with Crippen molar-refractivity contribution in [2.45, 2.75) is 77.1 Å². The third kappa shape index (κ3) is 3.51. The number of carbonyl (C=O) groups excluding carboxylic acids is 1. The number of hydrogen-bond acceptors (Lipinski definition) is 4. The fourth-order valence-corrected chi connectivity index (χ4v) is 2.45. The van der Waals surface area contributed by atoms with Gasteiger partial charge in [-0.1, -0.05) is 34.6 Å². The first-order valence-corrected chi connectivity index (χ1v) is 7.77. The maximum atomic E-state index is 14.6. The van der Waals surface area contributed by atoms with Gasteiger partial charge in [0, 0.05) is 0 Å². The zero-order chi connectivity index (χ0) is 20.9. The number of rotatable bonds is 3. The minimum absolute atomic E-state index is 0.0193. The summed E-state index contributed by atoms with van der Waals surface area (Å²) in [6, 6.07) is 0. The Balaban J connectivity index is 3.56. The molecule has 0 bridgehead atoms. The highest BCUT2D eigenvalue weighted by Crippen LogP contribution is 2.57. The van der Waals surface area contributed by atoms with E-state index in [1.165, 1.54) is 13.8 Å². The van der Waals surface area contributed by atoms with Crippen molar-refractivity contribution in [2.75, 3.05) is 0 Å². The molecule has 0 aliphatic carbocycles. The Morgan fingerprint density at radius 3 is 2.00 bits per heavy atom. The van der Waals surface area contributed by atoms with Crippen molar-refractivity contribution >= 4 is 5.97 Å². The molecule has 4 nitrogen and oxygen atoms in total. The van der Waals surface area contributed by atoms with E-state index >= 15 is 0 Å². The molecule has 0 aromatic carbocycles. The molecule has 154 valence electrons. The highest BCUT2D eigenvalue weighted by Gasteiger charge is 2.84. The molecule has 1 aliphatic heterocycles. The van der Waals surface area contributed by atoms with Gasteiger partial charge < -0.3 is 14.6 Å². The van der Waals surface area contributed by atoms with Crippen LogP contribution in [0.15, 0.2) is 0 Å². The van der Waals surface area contributed by atoms with E-state index in [0.29, 0.717) is 0 Å². The highest BCUT2D eigenvalue weighted by atomic mass is 19.4. The molecule has 1 fully saturated rings. The second kappa shape index (κ2) is 6.50. The lowest BCUT2D eigenvalue weighted by Crippen LogP contribution is -2.78. The van der Waals surface area contributed by atoms with E-state index in [0.717, 1.165) is 20.8 Å². The average molecular weight is 398 g/mol. The van der Waals surface area contributed by atoms with Gasteiger partial charge in [-0.05, 0) is 11.8 Å². The Kier molecular flexibility index (Phi) is 5.74. The second-order valence-electron chi connectivity index (χ2n) is 7.43. The third-order valence-electron chi connectivity index (χ3n) is 4.19. The van der Waals surface area contributed by atoms with Gasteiger partial charge >= 0.3 is 29.8 Å². The Morgan fingerprint density at radius 1 is 1.19 bits per heavy atom. The molecule has 0 radical (unpaired) electrons. The summed E-state index contributed by atoms with van der Waals surface area (Å²) in [5, 5.41) is 9.56. The predicted octanol–water partition coefficient (Wildman–Crippen LogP) is 3.91. The quantitative estimate of drug-likeness (QED) is 0.579. The molecule has 0 amide bonds. The molecule has 0 spiro atoms. The van der Waals surface area contributed by atoms with Gasteiger partial charge in [-0.2, -0.15) is 30.7 Å². The lowest BCUT2D eigenvalue weighted by molar-refractivity contribution is -0.502. The summed E-state index contributed by atoms with van der Waals surface area (Å²) in [5.41, 5.74) is -1.81. The first kappa shape index (κ1) is 22.9. The van der Waals surface area contributed by atoms with Gasteiger partial charge in [-0.25, -0.2) is 0 Å². The summed E-state index contributed by atoms with van der Waals surface area (Å²) < 4.78 is 105. The van der Waals surface area contributed by atoms with Crippen molar-refractivity contribution in [3.8, 4) is 0 Å². The smallest absolute Gasteiger partial charge is 0.449 e. The number of alkyl halides is 7. The molecule has 1 rings (SSSR count). The van der Waals surface area contributed by atoms with Crippen molar-refractivity contribution in [3.05, 3.63) is 0 Å². The minimum atomic E-state index is -6.13. The fraction of sp³-hybridized carbons (Fsp3) is 0.933. The van der Waals surface area contributed by atoms with Crippen LogP contribution in [0.3, 0.4) is 0 Å². The van der Waals surface area contributed by atoms with Crippen LogP contribution in [0.25, 0.3) is 0 Å². The SMILES string of the molecule is CCC(C)C(=O)OC1C(F)(F)C(C(C)(C)C)OC(O)(C(F)(F)F)C1(F)F. The van der Waals surface area contributed by atoms with E-state index in [9.17, 15) is 40.6 Å². The summed E-state index contributed by atoms with van der Waals surface area (Å²) in [7, 11) is 0. The van der Waals surface area contributed by atoms with Crippen LogP contribution < -0.4 is 0 Å². The van der Waals surface area contributed by atoms with Crippen LogP contribution in [-0.2, 0) is 14.3 Å². The van der Waals surface area contributed by atoms with Gasteiger partial charge in [0.1, 0.15) is 6.10 Å². The number of halogens is 7. The number of ether oxygens (including phenoxy) is 2. The van der Waals surface area contributed by atoms with Crippen LogP contribution in [-0.4, -0.2) is 47.1 Å². The predicted molar refractivity (Wildman–Crippen MR) is 74.6 cm³/mol. The fourth-order valence-electron chi connectivity index (χ4n) is 2.45. The first-order valence-electron chi connectivity index (χ1n) is 7.77. The summed E-state index contributed by atoms with van der Waals surface area (Å²) >= 11 is 0. The Labute approximate surface area is 145 Å². The topological polar surface area (TPSA) is 55.8 Å². The average Bonchev–Trinajstić information content (AvgIpc) is 2.44. The first-order chi connectivity index (χ1) is 11.3. The lowest BCUT2D eigenvalue weighted by Gasteiger charge is -2.52. The van der Waals surface area contributed by atoms with Crippen LogP contribution in [0.2, 0.25) is 0 Å². The van der Waals surface area contributed by atoms with E-state index in [4.69, 9.17) is 0 Å². The summed E-state index contributed by atoms with van der Waals surface area (Å²) in [5.74, 6) is -18.3. The van der Waals surface area contributed by atoms with E-state index in [2.05, 4.69) is 9.47 Å². The molecule has 1 aliphatic rings. The zero-order valence-electron chi connectivity index (χ0n) is 14.8. The van der Waals surface area contributed by atoms with Crippen LogP contribution >= 0.6 is 0 Å². The molecule has 1 heterocycles. The minimum Gasteiger partial charge on any atom is -0.449 e. The summed E-state index contributed by atoms with van der Waals surface area (Å²) in [6.45, 7) is 5.64. The zero-order valence-corrected chi connectivity index (χ0v) is 14.8. The molecule has 1 N–H and O–H groups in total. The Morgan fingerprint density at radius 2 is 1.65 bits per heavy atom. The van der Waals surface area contributed by atoms with E-state index in [-0.39, 0.29) is 6.42 Å². The molecule has 11 heteroatoms. The van der Waals surface area contributed by atoms with Crippen LogP contribution in [0.4, 0.5) is 30.7 Å². The summed E-state index contributed by atoms with van der Waals surface area (Å²) in [4.78, 5) is 11.7. The number of esters is 1. The molecule has 1 saturated heterocycles. The van der Waals surface area contributed by atoms with Gasteiger partial charge in [-0.3, -0.25) is 4.79 Å². The number of aliphatic hydroxyl groups is 1. The molecule has 0 aromatic rings. The monoisotopic (exact) mass is 398 g/mol. The van der Waals surface area contributed by atoms with Gasteiger partial charge in [0.25, 0.3) is 0 Å². The largest absolute Gasteiger partial charge is 0.449 e. The van der Waals surface area contributed by atoms with Crippen molar-refractivity contribution in [1.29, 1.82) is 0 Å². The normalized spacial score (nSPS) is 32.8. The Bertz CT molecular complexity index is 541. The molecule has 4 unspecified atom stereocenters. The molecule has 26 heavy (non-hydrogen) atoms. The maximum absolute atomic E-state index is 14.6. The molecular formula is C15H21F7O4. The highest BCUT2D eigenvalue weighted by molar-refractivity contribution is 5.72. The second-order valence-corrected chi connectivity index (χ2v) is 7.43. The maximum Gasteiger partial charge on any atom is 0.449 e. The van der Waals surface area contributed by atoms with Gasteiger partial charge in [0.05, 0.1) is 5.92 Å². The van der Waals surface area contributed by atoms with Crippen LogP contribution in [0, 0.1) is 11.3 Å². The van der Waals surface area contributed by atoms with Crippen molar-refractivity contribution in [3.63, 3.8) is 0 Å². The number of carbonyl (C=O) groups is 1. The molecule has 4 atom stereocenters. The Hall–Kier alpha value is -1.10. The van der Waals surface area contributed by atoms with E-state index in [1.807, 2.05) is 0 Å². The van der Waals surface area contributed by atoms with E-state index in [1.54, 1.807) is 0 Å². The van der Waals surface area contributed by atoms with Crippen LogP contribution in [0.1, 0.15) is 41.0 Å². The van der Waals surface area contributed by atoms with Gasteiger partial charge in [-0.15, -0.1) is 0 Å². The van der Waals surface area contributed by atoms with Gasteiger partial charge in [0.15, 0.2) is 0 Å². The lowest BCUT2D eigenvalue weighted by atomic mass is 9.78. The van der Waals surface area contributed by atoms with Crippen molar-refractivity contribution in [1.82, 2.24) is 0 Å². The van der Waals surface area contributed by atoms with Crippen molar-refractivity contribution < 1.29 is 50.1 Å². The van der Waals surface area contributed by atoms with Crippen molar-refractivity contribution in [2.24, 2.45) is 11.3 Å².